The fourth-order valence-corrected chi connectivity index (χ4v) is 1.71. The minimum absolute atomic E-state index is 0.0517. The van der Waals surface area contributed by atoms with E-state index in [0.717, 1.165) is 0 Å². The van der Waals surface area contributed by atoms with Gasteiger partial charge in [0.25, 0.3) is 0 Å². The molecule has 17 heavy (non-hydrogen) atoms. The number of ether oxygens (including phenoxy) is 1. The van der Waals surface area contributed by atoms with E-state index in [1.54, 1.807) is 36.4 Å². The van der Waals surface area contributed by atoms with Crippen LogP contribution in [-0.2, 0) is 0 Å². The minimum atomic E-state index is 0.0517. The predicted molar refractivity (Wildman–Crippen MR) is 66.4 cm³/mol. The normalized spacial score (nSPS) is 10.2. The van der Waals surface area contributed by atoms with Crippen LogP contribution in [0, 0.1) is 0 Å². The number of hydrogen-bond acceptors (Lipinski definition) is 3. The molecule has 0 bridgehead atoms. The standard InChI is InChI=1S/C14H14O3/c1-2-17-13-9-5-7-11(14(13)16)10-6-3-4-8-12(10)15/h3-9,15-16H,2H2,1H3. The van der Waals surface area contributed by atoms with Gasteiger partial charge in [-0.2, -0.15) is 0 Å². The molecule has 0 aliphatic carbocycles. The van der Waals surface area contributed by atoms with E-state index in [4.69, 9.17) is 4.74 Å². The van der Waals surface area contributed by atoms with Crippen LogP contribution >= 0.6 is 0 Å². The summed E-state index contributed by atoms with van der Waals surface area (Å²) in [6.07, 6.45) is 0. The second-order valence-corrected chi connectivity index (χ2v) is 3.60. The molecule has 2 N–H and O–H groups in total. The van der Waals surface area contributed by atoms with E-state index >= 15 is 0 Å². The minimum Gasteiger partial charge on any atom is -0.507 e. The number of para-hydroxylation sites is 2. The molecule has 0 amide bonds. The van der Waals surface area contributed by atoms with Gasteiger partial charge in [-0.25, -0.2) is 0 Å². The van der Waals surface area contributed by atoms with E-state index in [1.165, 1.54) is 0 Å². The summed E-state index contributed by atoms with van der Waals surface area (Å²) in [5.41, 5.74) is 1.15. The third kappa shape index (κ3) is 2.18. The summed E-state index contributed by atoms with van der Waals surface area (Å²) in [6, 6.07) is 12.1. The molecule has 0 atom stereocenters. The van der Waals surface area contributed by atoms with E-state index in [2.05, 4.69) is 0 Å². The van der Waals surface area contributed by atoms with Crippen molar-refractivity contribution in [1.29, 1.82) is 0 Å². The van der Waals surface area contributed by atoms with Gasteiger partial charge in [0.05, 0.1) is 6.61 Å². The fraction of sp³-hybridized carbons (Fsp3) is 0.143. The molecule has 0 spiro atoms. The Balaban J connectivity index is 2.53. The Labute approximate surface area is 99.9 Å². The van der Waals surface area contributed by atoms with Crippen LogP contribution in [0.4, 0.5) is 0 Å². The van der Waals surface area contributed by atoms with Gasteiger partial charge in [0.15, 0.2) is 11.5 Å². The van der Waals surface area contributed by atoms with Gasteiger partial charge in [-0.3, -0.25) is 0 Å². The van der Waals surface area contributed by atoms with Gasteiger partial charge < -0.3 is 14.9 Å². The van der Waals surface area contributed by atoms with E-state index in [-0.39, 0.29) is 11.5 Å². The van der Waals surface area contributed by atoms with Crippen molar-refractivity contribution in [3.05, 3.63) is 42.5 Å². The first-order valence-corrected chi connectivity index (χ1v) is 5.47. The Morgan fingerprint density at radius 1 is 0.941 bits per heavy atom. The van der Waals surface area contributed by atoms with Gasteiger partial charge in [0.2, 0.25) is 0 Å². The van der Waals surface area contributed by atoms with Crippen LogP contribution in [0.5, 0.6) is 17.2 Å². The summed E-state index contributed by atoms with van der Waals surface area (Å²) in [5.74, 6) is 0.612. The highest BCUT2D eigenvalue weighted by atomic mass is 16.5. The van der Waals surface area contributed by atoms with E-state index in [0.29, 0.717) is 23.5 Å². The van der Waals surface area contributed by atoms with Gasteiger partial charge in [-0.05, 0) is 19.1 Å². The third-order valence-electron chi connectivity index (χ3n) is 2.49. The average molecular weight is 230 g/mol. The van der Waals surface area contributed by atoms with Crippen molar-refractivity contribution >= 4 is 0 Å². The Kier molecular flexibility index (Phi) is 3.19. The predicted octanol–water partition coefficient (Wildman–Crippen LogP) is 3.16. The van der Waals surface area contributed by atoms with E-state index in [9.17, 15) is 10.2 Å². The highest BCUT2D eigenvalue weighted by Gasteiger charge is 2.12. The maximum atomic E-state index is 10.1. The van der Waals surface area contributed by atoms with Crippen molar-refractivity contribution < 1.29 is 14.9 Å². The molecule has 2 rings (SSSR count). The molecular weight excluding hydrogens is 216 g/mol. The Bertz CT molecular complexity index is 521. The van der Waals surface area contributed by atoms with Gasteiger partial charge in [-0.15, -0.1) is 0 Å². The maximum Gasteiger partial charge on any atom is 0.165 e. The van der Waals surface area contributed by atoms with E-state index < -0.39 is 0 Å². The van der Waals surface area contributed by atoms with E-state index in [1.807, 2.05) is 13.0 Å². The number of hydrogen-bond donors (Lipinski definition) is 2. The highest BCUT2D eigenvalue weighted by Crippen LogP contribution is 2.40. The number of phenols is 2. The molecule has 2 aromatic carbocycles. The molecule has 0 heterocycles. The largest absolute Gasteiger partial charge is 0.507 e. The number of aromatic hydroxyl groups is 2. The van der Waals surface area contributed by atoms with Crippen LogP contribution in [-0.4, -0.2) is 16.8 Å². The van der Waals surface area contributed by atoms with Crippen LogP contribution in [0.25, 0.3) is 11.1 Å². The quantitative estimate of drug-likeness (QED) is 0.851. The summed E-state index contributed by atoms with van der Waals surface area (Å²) in [4.78, 5) is 0. The maximum absolute atomic E-state index is 10.1. The summed E-state index contributed by atoms with van der Waals surface area (Å²) >= 11 is 0. The van der Waals surface area contributed by atoms with Crippen LogP contribution in [0.1, 0.15) is 6.92 Å². The second kappa shape index (κ2) is 4.78. The zero-order valence-corrected chi connectivity index (χ0v) is 9.55. The van der Waals surface area contributed by atoms with Crippen molar-refractivity contribution in [2.24, 2.45) is 0 Å². The fourth-order valence-electron chi connectivity index (χ4n) is 1.71. The first-order valence-electron chi connectivity index (χ1n) is 5.47. The molecule has 2 aromatic rings. The van der Waals surface area contributed by atoms with Crippen molar-refractivity contribution in [3.8, 4) is 28.4 Å². The molecule has 0 aliphatic heterocycles. The molecule has 0 aromatic heterocycles. The molecule has 0 fully saturated rings. The van der Waals surface area contributed by atoms with Crippen LogP contribution < -0.4 is 4.74 Å². The number of rotatable bonds is 3. The topological polar surface area (TPSA) is 49.7 Å². The molecule has 3 heteroatoms. The zero-order valence-electron chi connectivity index (χ0n) is 9.55. The Morgan fingerprint density at radius 2 is 1.65 bits per heavy atom. The SMILES string of the molecule is CCOc1cccc(-c2ccccc2O)c1O. The van der Waals surface area contributed by atoms with Crippen LogP contribution in [0.3, 0.4) is 0 Å². The van der Waals surface area contributed by atoms with Crippen molar-refractivity contribution in [2.75, 3.05) is 6.61 Å². The number of benzene rings is 2. The number of phenolic OH excluding ortho intramolecular Hbond substituents is 2. The monoisotopic (exact) mass is 230 g/mol. The molecular formula is C14H14O3. The van der Waals surface area contributed by atoms with Crippen molar-refractivity contribution in [3.63, 3.8) is 0 Å². The first kappa shape index (κ1) is 11.3. The lowest BCUT2D eigenvalue weighted by atomic mass is 10.0. The summed E-state index contributed by atoms with van der Waals surface area (Å²) in [7, 11) is 0. The third-order valence-corrected chi connectivity index (χ3v) is 2.49. The first-order chi connectivity index (χ1) is 8.24. The summed E-state index contributed by atoms with van der Waals surface area (Å²) in [6.45, 7) is 2.34. The highest BCUT2D eigenvalue weighted by molar-refractivity contribution is 5.77. The molecule has 3 nitrogen and oxygen atoms in total. The lowest BCUT2D eigenvalue weighted by molar-refractivity contribution is 0.318. The second-order valence-electron chi connectivity index (χ2n) is 3.60. The van der Waals surface area contributed by atoms with Gasteiger partial charge >= 0.3 is 0 Å². The van der Waals surface area contributed by atoms with Gasteiger partial charge in [-0.1, -0.05) is 30.3 Å². The van der Waals surface area contributed by atoms with Crippen molar-refractivity contribution in [2.45, 2.75) is 6.92 Å². The average Bonchev–Trinajstić information content (AvgIpc) is 2.33. The van der Waals surface area contributed by atoms with Crippen molar-refractivity contribution in [1.82, 2.24) is 0 Å². The lowest BCUT2D eigenvalue weighted by Gasteiger charge is -2.11. The summed E-state index contributed by atoms with van der Waals surface area (Å²) < 4.78 is 5.31. The molecule has 0 aliphatic rings. The Hall–Kier alpha value is -2.16. The molecule has 0 unspecified atom stereocenters. The molecule has 0 radical (unpaired) electrons. The zero-order chi connectivity index (χ0) is 12.3. The van der Waals surface area contributed by atoms with Gasteiger partial charge in [0, 0.05) is 11.1 Å². The van der Waals surface area contributed by atoms with Crippen LogP contribution in [0.2, 0.25) is 0 Å². The Morgan fingerprint density at radius 3 is 2.35 bits per heavy atom. The molecule has 88 valence electrons. The van der Waals surface area contributed by atoms with Crippen LogP contribution in [0.15, 0.2) is 42.5 Å². The molecule has 0 saturated carbocycles. The lowest BCUT2D eigenvalue weighted by Crippen LogP contribution is -1.92. The summed E-state index contributed by atoms with van der Waals surface area (Å²) in [5, 5.41) is 19.8. The van der Waals surface area contributed by atoms with Gasteiger partial charge in [0.1, 0.15) is 5.75 Å². The molecule has 0 saturated heterocycles. The smallest absolute Gasteiger partial charge is 0.165 e.